The SMILES string of the molecule is O=C(O)c1cc(O)ccc1NC1N=CC(O)CN1. The molecule has 7 heteroatoms. The molecule has 0 bridgehead atoms. The molecule has 1 aromatic carbocycles. The maximum Gasteiger partial charge on any atom is 0.337 e. The molecule has 0 saturated carbocycles. The second-order valence-corrected chi connectivity index (χ2v) is 3.86. The second-order valence-electron chi connectivity index (χ2n) is 3.86. The molecule has 0 spiro atoms. The summed E-state index contributed by atoms with van der Waals surface area (Å²) in [5.41, 5.74) is 0.296. The average Bonchev–Trinajstić information content (AvgIpc) is 2.34. The summed E-state index contributed by atoms with van der Waals surface area (Å²) in [5, 5.41) is 33.2. The normalized spacial score (nSPS) is 22.7. The van der Waals surface area contributed by atoms with Crippen molar-refractivity contribution in [3.8, 4) is 5.75 Å². The molecular weight excluding hydrogens is 238 g/mol. The predicted molar refractivity (Wildman–Crippen MR) is 65.0 cm³/mol. The van der Waals surface area contributed by atoms with Crippen LogP contribution in [-0.4, -0.2) is 46.4 Å². The maximum atomic E-state index is 11.0. The van der Waals surface area contributed by atoms with Crippen LogP contribution in [0.5, 0.6) is 5.75 Å². The Morgan fingerprint density at radius 3 is 2.89 bits per heavy atom. The standard InChI is InChI=1S/C11H13N3O4/c15-6-1-2-9(8(3-6)10(17)18)14-11-12-4-7(16)5-13-11/h1-4,7,11,13-16H,5H2,(H,17,18). The van der Waals surface area contributed by atoms with E-state index < -0.39 is 18.4 Å². The molecule has 1 aromatic rings. The molecule has 0 radical (unpaired) electrons. The molecular formula is C11H13N3O4. The molecule has 5 N–H and O–H groups in total. The number of nitrogens with zero attached hydrogens (tertiary/aromatic N) is 1. The van der Waals surface area contributed by atoms with Crippen molar-refractivity contribution in [3.05, 3.63) is 23.8 Å². The minimum atomic E-state index is -1.15. The zero-order valence-corrected chi connectivity index (χ0v) is 9.37. The van der Waals surface area contributed by atoms with Gasteiger partial charge < -0.3 is 20.6 Å². The van der Waals surface area contributed by atoms with Gasteiger partial charge in [0, 0.05) is 12.8 Å². The summed E-state index contributed by atoms with van der Waals surface area (Å²) in [6.45, 7) is 0.335. The van der Waals surface area contributed by atoms with Gasteiger partial charge in [0.1, 0.15) is 11.9 Å². The molecule has 7 nitrogen and oxygen atoms in total. The number of hydrogen-bond acceptors (Lipinski definition) is 6. The fourth-order valence-corrected chi connectivity index (χ4v) is 1.59. The van der Waals surface area contributed by atoms with E-state index in [1.807, 2.05) is 0 Å². The molecule has 0 amide bonds. The minimum Gasteiger partial charge on any atom is -0.508 e. The van der Waals surface area contributed by atoms with Gasteiger partial charge in [-0.1, -0.05) is 0 Å². The number of aromatic carboxylic acids is 1. The van der Waals surface area contributed by atoms with Crippen LogP contribution in [0, 0.1) is 0 Å². The van der Waals surface area contributed by atoms with E-state index in [4.69, 9.17) is 5.11 Å². The number of anilines is 1. The summed E-state index contributed by atoms with van der Waals surface area (Å²) in [4.78, 5) is 15.0. The molecule has 2 unspecified atom stereocenters. The van der Waals surface area contributed by atoms with Gasteiger partial charge in [-0.2, -0.15) is 0 Å². The van der Waals surface area contributed by atoms with Gasteiger partial charge >= 0.3 is 5.97 Å². The monoisotopic (exact) mass is 251 g/mol. The summed E-state index contributed by atoms with van der Waals surface area (Å²) in [7, 11) is 0. The van der Waals surface area contributed by atoms with Crippen molar-refractivity contribution in [3.63, 3.8) is 0 Å². The highest BCUT2D eigenvalue weighted by atomic mass is 16.4. The van der Waals surface area contributed by atoms with Crippen molar-refractivity contribution in [2.75, 3.05) is 11.9 Å². The first-order valence-corrected chi connectivity index (χ1v) is 5.34. The van der Waals surface area contributed by atoms with E-state index in [9.17, 15) is 15.0 Å². The number of phenolic OH excluding ortho intramolecular Hbond substituents is 1. The third-order valence-corrected chi connectivity index (χ3v) is 2.45. The fourth-order valence-electron chi connectivity index (χ4n) is 1.59. The van der Waals surface area contributed by atoms with Gasteiger partial charge in [-0.05, 0) is 18.2 Å². The van der Waals surface area contributed by atoms with Crippen molar-refractivity contribution in [2.24, 2.45) is 4.99 Å². The number of nitrogens with one attached hydrogen (secondary N) is 2. The number of hydrogen-bond donors (Lipinski definition) is 5. The van der Waals surface area contributed by atoms with Gasteiger partial charge in [0.25, 0.3) is 0 Å². The summed E-state index contributed by atoms with van der Waals surface area (Å²) in [5.74, 6) is -1.26. The Balaban J connectivity index is 2.19. The van der Waals surface area contributed by atoms with Crippen molar-refractivity contribution < 1.29 is 20.1 Å². The largest absolute Gasteiger partial charge is 0.508 e. The smallest absolute Gasteiger partial charge is 0.337 e. The molecule has 1 heterocycles. The minimum absolute atomic E-state index is 0.0434. The van der Waals surface area contributed by atoms with E-state index in [1.165, 1.54) is 18.3 Å². The number of aliphatic imine (C=N–C) groups is 1. The third kappa shape index (κ3) is 2.76. The Morgan fingerprint density at radius 2 is 2.28 bits per heavy atom. The van der Waals surface area contributed by atoms with Gasteiger partial charge in [0.2, 0.25) is 0 Å². The van der Waals surface area contributed by atoms with E-state index in [0.29, 0.717) is 12.2 Å². The van der Waals surface area contributed by atoms with Crippen LogP contribution in [-0.2, 0) is 0 Å². The Bertz CT molecular complexity index is 489. The summed E-state index contributed by atoms with van der Waals surface area (Å²) in [6, 6.07) is 4.00. The van der Waals surface area contributed by atoms with Crippen LogP contribution in [0.2, 0.25) is 0 Å². The van der Waals surface area contributed by atoms with Crippen molar-refractivity contribution in [1.82, 2.24) is 5.32 Å². The molecule has 0 aliphatic carbocycles. The van der Waals surface area contributed by atoms with Crippen molar-refractivity contribution in [1.29, 1.82) is 0 Å². The molecule has 1 aliphatic heterocycles. The van der Waals surface area contributed by atoms with E-state index >= 15 is 0 Å². The van der Waals surface area contributed by atoms with Gasteiger partial charge in [-0.3, -0.25) is 10.3 Å². The van der Waals surface area contributed by atoms with E-state index in [2.05, 4.69) is 15.6 Å². The topological polar surface area (TPSA) is 114 Å². The molecule has 2 rings (SSSR count). The number of phenols is 1. The lowest BCUT2D eigenvalue weighted by atomic mass is 10.1. The Morgan fingerprint density at radius 1 is 1.50 bits per heavy atom. The van der Waals surface area contributed by atoms with Gasteiger partial charge in [0.15, 0.2) is 6.29 Å². The zero-order valence-electron chi connectivity index (χ0n) is 9.37. The highest BCUT2D eigenvalue weighted by Gasteiger charge is 2.17. The van der Waals surface area contributed by atoms with Crippen molar-refractivity contribution >= 4 is 17.9 Å². The number of aliphatic hydroxyl groups is 1. The van der Waals surface area contributed by atoms with E-state index in [1.54, 1.807) is 0 Å². The molecule has 0 saturated heterocycles. The highest BCUT2D eigenvalue weighted by Crippen LogP contribution is 2.22. The molecule has 18 heavy (non-hydrogen) atoms. The zero-order chi connectivity index (χ0) is 13.1. The Kier molecular flexibility index (Phi) is 3.45. The lowest BCUT2D eigenvalue weighted by Gasteiger charge is -2.23. The van der Waals surface area contributed by atoms with Crippen LogP contribution < -0.4 is 10.6 Å². The number of aliphatic hydroxyl groups excluding tert-OH is 1. The third-order valence-electron chi connectivity index (χ3n) is 2.45. The van der Waals surface area contributed by atoms with E-state index in [0.717, 1.165) is 6.07 Å². The Hall–Kier alpha value is -2.12. The average molecular weight is 251 g/mol. The number of rotatable bonds is 3. The lowest BCUT2D eigenvalue weighted by molar-refractivity contribution is 0.0697. The predicted octanol–water partition coefficient (Wildman–Crippen LogP) is -0.179. The molecule has 0 fully saturated rings. The number of β-amino-alcohol motifs (C(OH)–C–C–N with tert-alkyl or cyclic N) is 1. The Labute approximate surface area is 103 Å². The van der Waals surface area contributed by atoms with Crippen LogP contribution in [0.4, 0.5) is 5.69 Å². The first-order valence-electron chi connectivity index (χ1n) is 5.34. The molecule has 1 aliphatic rings. The summed E-state index contributed by atoms with van der Waals surface area (Å²) >= 11 is 0. The summed E-state index contributed by atoms with van der Waals surface area (Å²) < 4.78 is 0. The molecule has 0 aromatic heterocycles. The number of aromatic hydroxyl groups is 1. The number of carboxylic acids is 1. The maximum absolute atomic E-state index is 11.0. The quantitative estimate of drug-likeness (QED) is 0.476. The lowest BCUT2D eigenvalue weighted by Crippen LogP contribution is -2.44. The van der Waals surface area contributed by atoms with E-state index in [-0.39, 0.29) is 11.3 Å². The number of carbonyl (C=O) groups is 1. The van der Waals surface area contributed by atoms with Crippen LogP contribution in [0.15, 0.2) is 23.2 Å². The van der Waals surface area contributed by atoms with Gasteiger partial charge in [-0.25, -0.2) is 4.79 Å². The molecule has 96 valence electrons. The van der Waals surface area contributed by atoms with Crippen LogP contribution >= 0.6 is 0 Å². The second kappa shape index (κ2) is 5.03. The first kappa shape index (κ1) is 12.3. The van der Waals surface area contributed by atoms with Gasteiger partial charge in [0.05, 0.1) is 11.3 Å². The van der Waals surface area contributed by atoms with Crippen LogP contribution in [0.1, 0.15) is 10.4 Å². The first-order chi connectivity index (χ1) is 8.56. The van der Waals surface area contributed by atoms with Crippen molar-refractivity contribution in [2.45, 2.75) is 12.4 Å². The fraction of sp³-hybridized carbons (Fsp3) is 0.273. The highest BCUT2D eigenvalue weighted by molar-refractivity contribution is 5.94. The van der Waals surface area contributed by atoms with Gasteiger partial charge in [-0.15, -0.1) is 0 Å². The van der Waals surface area contributed by atoms with Crippen LogP contribution in [0.3, 0.4) is 0 Å². The number of benzene rings is 1. The van der Waals surface area contributed by atoms with Crippen LogP contribution in [0.25, 0.3) is 0 Å². The molecule has 2 atom stereocenters. The summed E-state index contributed by atoms with van der Waals surface area (Å²) in [6.07, 6.45) is 0.243. The number of carboxylic acid groups (broad SMARTS) is 1.